The van der Waals surface area contributed by atoms with Gasteiger partial charge in [-0.15, -0.1) is 0 Å². The highest BCUT2D eigenvalue weighted by Gasteiger charge is 2.24. The first-order valence-electron chi connectivity index (χ1n) is 4.49. The van der Waals surface area contributed by atoms with Crippen LogP contribution in [0.1, 0.15) is 32.3 Å². The van der Waals surface area contributed by atoms with Crippen LogP contribution in [0.2, 0.25) is 5.02 Å². The molecule has 1 aromatic rings. The van der Waals surface area contributed by atoms with Crippen molar-refractivity contribution in [2.75, 3.05) is 0 Å². The smallest absolute Gasteiger partial charge is 0.141 e. The van der Waals surface area contributed by atoms with Crippen molar-refractivity contribution in [2.24, 2.45) is 0 Å². The van der Waals surface area contributed by atoms with Gasteiger partial charge in [0.1, 0.15) is 5.82 Å². The van der Waals surface area contributed by atoms with E-state index < -0.39 is 11.4 Å². The van der Waals surface area contributed by atoms with E-state index in [1.807, 2.05) is 6.92 Å². The lowest BCUT2D eigenvalue weighted by Crippen LogP contribution is -2.26. The van der Waals surface area contributed by atoms with Crippen LogP contribution in [0.15, 0.2) is 18.2 Å². The Bertz CT molecular complexity index is 331. The summed E-state index contributed by atoms with van der Waals surface area (Å²) in [6.07, 6.45) is 0. The van der Waals surface area contributed by atoms with Gasteiger partial charge in [-0.1, -0.05) is 24.6 Å². The molecule has 0 saturated carbocycles. The quantitative estimate of drug-likeness (QED) is 0.804. The van der Waals surface area contributed by atoms with Crippen molar-refractivity contribution >= 4 is 11.6 Å². The largest absolute Gasteiger partial charge is 0.390 e. The molecule has 0 aliphatic heterocycles. The summed E-state index contributed by atoms with van der Waals surface area (Å²) in [4.78, 5) is 0. The molecule has 1 N–H and O–H groups in total. The zero-order valence-electron chi connectivity index (χ0n) is 8.51. The summed E-state index contributed by atoms with van der Waals surface area (Å²) in [6.45, 7) is 5.31. The van der Waals surface area contributed by atoms with Gasteiger partial charge >= 0.3 is 0 Å². The summed E-state index contributed by atoms with van der Waals surface area (Å²) in [6, 6.07) is 4.52. The van der Waals surface area contributed by atoms with Crippen molar-refractivity contribution in [3.8, 4) is 0 Å². The number of benzene rings is 1. The zero-order chi connectivity index (χ0) is 10.9. The zero-order valence-corrected chi connectivity index (χ0v) is 9.27. The Morgan fingerprint density at radius 2 is 2.00 bits per heavy atom. The summed E-state index contributed by atoms with van der Waals surface area (Å²) in [5.41, 5.74) is 0.00476. The fraction of sp³-hybridized carbons (Fsp3) is 0.455. The highest BCUT2D eigenvalue weighted by atomic mass is 35.5. The SMILES string of the molecule is CC(c1ccc(F)c(Cl)c1)C(C)(C)O. The Morgan fingerprint density at radius 3 is 2.43 bits per heavy atom. The number of hydrogen-bond donors (Lipinski definition) is 1. The molecule has 78 valence electrons. The summed E-state index contributed by atoms with van der Waals surface area (Å²) in [7, 11) is 0. The normalized spacial score (nSPS) is 14.1. The Balaban J connectivity index is 3.03. The molecular formula is C11H14ClFO. The van der Waals surface area contributed by atoms with Crippen molar-refractivity contribution in [1.82, 2.24) is 0 Å². The molecule has 1 nitrogen and oxygen atoms in total. The van der Waals surface area contributed by atoms with E-state index in [-0.39, 0.29) is 10.9 Å². The molecule has 0 radical (unpaired) electrons. The number of halogens is 2. The maximum atomic E-state index is 12.9. The number of rotatable bonds is 2. The van der Waals surface area contributed by atoms with E-state index in [0.29, 0.717) is 0 Å². The molecule has 14 heavy (non-hydrogen) atoms. The third kappa shape index (κ3) is 2.46. The van der Waals surface area contributed by atoms with E-state index in [9.17, 15) is 9.50 Å². The Hall–Kier alpha value is -0.600. The van der Waals surface area contributed by atoms with Gasteiger partial charge in [0.2, 0.25) is 0 Å². The van der Waals surface area contributed by atoms with E-state index >= 15 is 0 Å². The highest BCUT2D eigenvalue weighted by molar-refractivity contribution is 6.30. The maximum Gasteiger partial charge on any atom is 0.141 e. The minimum Gasteiger partial charge on any atom is -0.390 e. The molecule has 0 amide bonds. The van der Waals surface area contributed by atoms with Crippen molar-refractivity contribution in [2.45, 2.75) is 32.3 Å². The van der Waals surface area contributed by atoms with Crippen LogP contribution in [0.25, 0.3) is 0 Å². The predicted molar refractivity (Wildman–Crippen MR) is 56.1 cm³/mol. The third-order valence-electron chi connectivity index (χ3n) is 2.50. The van der Waals surface area contributed by atoms with Gasteiger partial charge in [0.05, 0.1) is 10.6 Å². The van der Waals surface area contributed by atoms with Crippen molar-refractivity contribution < 1.29 is 9.50 Å². The Labute approximate surface area is 88.5 Å². The lowest BCUT2D eigenvalue weighted by Gasteiger charge is -2.26. The van der Waals surface area contributed by atoms with E-state index in [4.69, 9.17) is 11.6 Å². The van der Waals surface area contributed by atoms with Crippen LogP contribution in [0, 0.1) is 5.82 Å². The molecule has 0 aliphatic carbocycles. The van der Waals surface area contributed by atoms with Crippen LogP contribution in [-0.4, -0.2) is 10.7 Å². The molecule has 0 spiro atoms. The van der Waals surface area contributed by atoms with Gasteiger partial charge in [0.15, 0.2) is 0 Å². The minimum atomic E-state index is -0.832. The van der Waals surface area contributed by atoms with Gasteiger partial charge in [0, 0.05) is 5.92 Å². The second kappa shape index (κ2) is 3.87. The van der Waals surface area contributed by atoms with Crippen LogP contribution in [0.3, 0.4) is 0 Å². The van der Waals surface area contributed by atoms with E-state index in [2.05, 4.69) is 0 Å². The monoisotopic (exact) mass is 216 g/mol. The molecule has 0 saturated heterocycles. The molecule has 0 aromatic heterocycles. The molecule has 1 rings (SSSR count). The second-order valence-electron chi connectivity index (χ2n) is 4.05. The molecule has 0 fully saturated rings. The lowest BCUT2D eigenvalue weighted by atomic mass is 9.86. The van der Waals surface area contributed by atoms with E-state index in [1.165, 1.54) is 6.07 Å². The fourth-order valence-corrected chi connectivity index (χ4v) is 1.38. The van der Waals surface area contributed by atoms with Crippen LogP contribution < -0.4 is 0 Å². The average Bonchev–Trinajstić information content (AvgIpc) is 2.07. The van der Waals surface area contributed by atoms with Gasteiger partial charge in [-0.3, -0.25) is 0 Å². The van der Waals surface area contributed by atoms with Crippen LogP contribution >= 0.6 is 11.6 Å². The number of aliphatic hydroxyl groups is 1. The summed E-state index contributed by atoms with van der Waals surface area (Å²) in [5, 5.41) is 9.86. The second-order valence-corrected chi connectivity index (χ2v) is 4.46. The lowest BCUT2D eigenvalue weighted by molar-refractivity contribution is 0.0558. The standard InChI is InChI=1S/C11H14ClFO/c1-7(11(2,3)14)8-4-5-10(13)9(12)6-8/h4-7,14H,1-3H3. The first kappa shape index (κ1) is 11.5. The van der Waals surface area contributed by atoms with Gasteiger partial charge in [0.25, 0.3) is 0 Å². The van der Waals surface area contributed by atoms with Gasteiger partial charge in [-0.25, -0.2) is 4.39 Å². The average molecular weight is 217 g/mol. The first-order chi connectivity index (χ1) is 6.32. The minimum absolute atomic E-state index is 0.0828. The highest BCUT2D eigenvalue weighted by Crippen LogP contribution is 2.29. The first-order valence-corrected chi connectivity index (χ1v) is 4.87. The van der Waals surface area contributed by atoms with Gasteiger partial charge < -0.3 is 5.11 Å². The van der Waals surface area contributed by atoms with E-state index in [0.717, 1.165) is 5.56 Å². The molecule has 1 atom stereocenters. The third-order valence-corrected chi connectivity index (χ3v) is 2.79. The Kier molecular flexibility index (Phi) is 3.17. The number of hydrogen-bond acceptors (Lipinski definition) is 1. The molecule has 3 heteroatoms. The molecular weight excluding hydrogens is 203 g/mol. The van der Waals surface area contributed by atoms with Crippen molar-refractivity contribution in [3.63, 3.8) is 0 Å². The Morgan fingerprint density at radius 1 is 1.43 bits per heavy atom. The molecule has 1 aromatic carbocycles. The van der Waals surface area contributed by atoms with Gasteiger partial charge in [-0.2, -0.15) is 0 Å². The fourth-order valence-electron chi connectivity index (χ4n) is 1.19. The van der Waals surface area contributed by atoms with Gasteiger partial charge in [-0.05, 0) is 31.5 Å². The van der Waals surface area contributed by atoms with Crippen molar-refractivity contribution in [3.05, 3.63) is 34.6 Å². The predicted octanol–water partition coefficient (Wildman–Crippen LogP) is 3.35. The summed E-state index contributed by atoms with van der Waals surface area (Å²) >= 11 is 5.65. The summed E-state index contributed by atoms with van der Waals surface area (Å²) in [5.74, 6) is -0.515. The molecule has 0 aliphatic rings. The van der Waals surface area contributed by atoms with Crippen LogP contribution in [-0.2, 0) is 0 Å². The molecule has 0 bridgehead atoms. The summed E-state index contributed by atoms with van der Waals surface area (Å²) < 4.78 is 12.9. The van der Waals surface area contributed by atoms with Crippen LogP contribution in [0.4, 0.5) is 4.39 Å². The topological polar surface area (TPSA) is 20.2 Å². The maximum absolute atomic E-state index is 12.9. The van der Waals surface area contributed by atoms with E-state index in [1.54, 1.807) is 26.0 Å². The van der Waals surface area contributed by atoms with Crippen LogP contribution in [0.5, 0.6) is 0 Å². The van der Waals surface area contributed by atoms with Crippen molar-refractivity contribution in [1.29, 1.82) is 0 Å². The molecule has 0 heterocycles. The molecule has 1 unspecified atom stereocenters.